The second kappa shape index (κ2) is 6.26. The van der Waals surface area contributed by atoms with Gasteiger partial charge in [0.2, 0.25) is 5.89 Å². The Balaban J connectivity index is 1.66. The molecular weight excluding hydrogens is 287 g/mol. The summed E-state index contributed by atoms with van der Waals surface area (Å²) >= 11 is 0. The second-order valence-electron chi connectivity index (χ2n) is 4.47. The summed E-state index contributed by atoms with van der Waals surface area (Å²) in [5.41, 5.74) is 0.793. The van der Waals surface area contributed by atoms with Crippen LogP contribution in [0.1, 0.15) is 5.89 Å². The highest BCUT2D eigenvalue weighted by Crippen LogP contribution is 2.21. The molecule has 1 heterocycles. The van der Waals surface area contributed by atoms with Crippen LogP contribution in [0.3, 0.4) is 0 Å². The molecule has 0 unspecified atom stereocenters. The van der Waals surface area contributed by atoms with E-state index < -0.39 is 0 Å². The zero-order valence-electron chi connectivity index (χ0n) is 11.8. The lowest BCUT2D eigenvalue weighted by Crippen LogP contribution is -1.95. The number of hydrogen-bond donors (Lipinski definition) is 0. The number of benzene rings is 2. The minimum Gasteiger partial charge on any atom is -0.497 e. The van der Waals surface area contributed by atoms with Gasteiger partial charge in [-0.1, -0.05) is 0 Å². The zero-order chi connectivity index (χ0) is 15.4. The second-order valence-corrected chi connectivity index (χ2v) is 4.47. The fourth-order valence-electron chi connectivity index (χ4n) is 1.84. The number of aromatic nitrogens is 2. The van der Waals surface area contributed by atoms with Crippen LogP contribution in [-0.4, -0.2) is 17.3 Å². The molecular formula is C16H13FN2O3. The third-order valence-electron chi connectivity index (χ3n) is 2.98. The molecule has 0 aliphatic carbocycles. The maximum Gasteiger partial charge on any atom is 0.254 e. The predicted octanol–water partition coefficient (Wildman–Crippen LogP) is 3.46. The minimum atomic E-state index is -0.313. The molecule has 0 atom stereocenters. The molecule has 22 heavy (non-hydrogen) atoms. The Labute approximate surface area is 126 Å². The summed E-state index contributed by atoms with van der Waals surface area (Å²) in [7, 11) is 1.60. The van der Waals surface area contributed by atoms with Crippen LogP contribution in [0.25, 0.3) is 11.5 Å². The number of nitrogens with zero attached hydrogens (tertiary/aromatic N) is 2. The fourth-order valence-corrected chi connectivity index (χ4v) is 1.84. The van der Waals surface area contributed by atoms with Crippen molar-refractivity contribution in [1.82, 2.24) is 10.2 Å². The molecule has 3 rings (SSSR count). The molecule has 0 aliphatic heterocycles. The molecule has 0 N–H and O–H groups in total. The molecule has 0 amide bonds. The van der Waals surface area contributed by atoms with Gasteiger partial charge in [-0.2, -0.15) is 0 Å². The smallest absolute Gasteiger partial charge is 0.254 e. The van der Waals surface area contributed by atoms with E-state index in [0.717, 1.165) is 11.3 Å². The first-order valence-corrected chi connectivity index (χ1v) is 6.60. The molecule has 3 aromatic rings. The molecule has 6 heteroatoms. The van der Waals surface area contributed by atoms with Gasteiger partial charge in [-0.05, 0) is 48.5 Å². The van der Waals surface area contributed by atoms with E-state index in [1.165, 1.54) is 24.3 Å². The van der Waals surface area contributed by atoms with Crippen molar-refractivity contribution < 1.29 is 18.3 Å². The summed E-state index contributed by atoms with van der Waals surface area (Å²) in [5, 5.41) is 7.89. The number of rotatable bonds is 5. The first-order chi connectivity index (χ1) is 10.7. The van der Waals surface area contributed by atoms with E-state index in [4.69, 9.17) is 13.9 Å². The maximum atomic E-state index is 12.8. The lowest BCUT2D eigenvalue weighted by molar-refractivity contribution is 0.264. The van der Waals surface area contributed by atoms with Crippen molar-refractivity contribution in [3.63, 3.8) is 0 Å². The molecule has 112 valence electrons. The van der Waals surface area contributed by atoms with Crippen molar-refractivity contribution >= 4 is 0 Å². The third-order valence-corrected chi connectivity index (χ3v) is 2.98. The lowest BCUT2D eigenvalue weighted by Gasteiger charge is -2.02. The minimum absolute atomic E-state index is 0.120. The number of halogens is 1. The van der Waals surface area contributed by atoms with Crippen molar-refractivity contribution in [3.05, 3.63) is 60.2 Å². The average molecular weight is 300 g/mol. The molecule has 0 aliphatic rings. The molecule has 0 saturated heterocycles. The predicted molar refractivity (Wildman–Crippen MR) is 77.0 cm³/mol. The summed E-state index contributed by atoms with van der Waals surface area (Å²) < 4.78 is 28.9. The van der Waals surface area contributed by atoms with Gasteiger partial charge in [-0.25, -0.2) is 4.39 Å². The Morgan fingerprint density at radius 1 is 0.955 bits per heavy atom. The quantitative estimate of drug-likeness (QED) is 0.722. The molecule has 5 nitrogen and oxygen atoms in total. The van der Waals surface area contributed by atoms with Crippen molar-refractivity contribution in [2.45, 2.75) is 6.61 Å². The van der Waals surface area contributed by atoms with Gasteiger partial charge in [-0.3, -0.25) is 0 Å². The topological polar surface area (TPSA) is 57.4 Å². The first-order valence-electron chi connectivity index (χ1n) is 6.60. The molecule has 0 spiro atoms. The van der Waals surface area contributed by atoms with E-state index in [-0.39, 0.29) is 12.4 Å². The monoisotopic (exact) mass is 300 g/mol. The van der Waals surface area contributed by atoms with Gasteiger partial charge in [0.25, 0.3) is 5.89 Å². The van der Waals surface area contributed by atoms with Crippen molar-refractivity contribution in [2.24, 2.45) is 0 Å². The van der Waals surface area contributed by atoms with Crippen molar-refractivity contribution in [3.8, 4) is 23.0 Å². The van der Waals surface area contributed by atoms with Gasteiger partial charge in [0, 0.05) is 5.56 Å². The Hall–Kier alpha value is -2.89. The van der Waals surface area contributed by atoms with Crippen LogP contribution in [-0.2, 0) is 6.61 Å². The Kier molecular flexibility index (Phi) is 4.00. The first kappa shape index (κ1) is 14.1. The van der Waals surface area contributed by atoms with Crippen LogP contribution >= 0.6 is 0 Å². The van der Waals surface area contributed by atoms with E-state index in [9.17, 15) is 4.39 Å². The number of hydrogen-bond acceptors (Lipinski definition) is 5. The highest BCUT2D eigenvalue weighted by molar-refractivity contribution is 5.53. The maximum absolute atomic E-state index is 12.8. The van der Waals surface area contributed by atoms with Gasteiger partial charge in [0.1, 0.15) is 17.3 Å². The normalized spacial score (nSPS) is 10.5. The van der Waals surface area contributed by atoms with E-state index in [1.807, 2.05) is 24.3 Å². The molecule has 0 saturated carbocycles. The van der Waals surface area contributed by atoms with Crippen LogP contribution in [0.5, 0.6) is 11.5 Å². The Morgan fingerprint density at radius 3 is 2.32 bits per heavy atom. The summed E-state index contributed by atoms with van der Waals surface area (Å²) in [6, 6.07) is 13.0. The van der Waals surface area contributed by atoms with Crippen LogP contribution in [0, 0.1) is 5.82 Å². The van der Waals surface area contributed by atoms with Gasteiger partial charge >= 0.3 is 0 Å². The van der Waals surface area contributed by atoms with Crippen molar-refractivity contribution in [1.29, 1.82) is 0 Å². The number of ether oxygens (including phenoxy) is 2. The highest BCUT2D eigenvalue weighted by atomic mass is 19.1. The molecule has 0 radical (unpaired) electrons. The third kappa shape index (κ3) is 3.22. The highest BCUT2D eigenvalue weighted by Gasteiger charge is 2.09. The van der Waals surface area contributed by atoms with Gasteiger partial charge in [0.05, 0.1) is 7.11 Å². The summed E-state index contributed by atoms with van der Waals surface area (Å²) in [4.78, 5) is 0. The van der Waals surface area contributed by atoms with Gasteiger partial charge in [-0.15, -0.1) is 10.2 Å². The van der Waals surface area contributed by atoms with Crippen LogP contribution < -0.4 is 9.47 Å². The Morgan fingerprint density at radius 2 is 1.64 bits per heavy atom. The van der Waals surface area contributed by atoms with Crippen molar-refractivity contribution in [2.75, 3.05) is 7.11 Å². The van der Waals surface area contributed by atoms with Gasteiger partial charge in [0.15, 0.2) is 6.61 Å². The zero-order valence-corrected chi connectivity index (χ0v) is 11.8. The van der Waals surface area contributed by atoms with E-state index in [2.05, 4.69) is 10.2 Å². The molecule has 0 fully saturated rings. The van der Waals surface area contributed by atoms with E-state index >= 15 is 0 Å². The fraction of sp³-hybridized carbons (Fsp3) is 0.125. The summed E-state index contributed by atoms with van der Waals surface area (Å²) in [6.45, 7) is 0.120. The largest absolute Gasteiger partial charge is 0.497 e. The van der Waals surface area contributed by atoms with E-state index in [0.29, 0.717) is 17.5 Å². The van der Waals surface area contributed by atoms with Gasteiger partial charge < -0.3 is 13.9 Å². The molecule has 1 aromatic heterocycles. The summed E-state index contributed by atoms with van der Waals surface area (Å²) in [6.07, 6.45) is 0. The molecule has 0 bridgehead atoms. The van der Waals surface area contributed by atoms with Crippen LogP contribution in [0.2, 0.25) is 0 Å². The number of methoxy groups -OCH3 is 1. The van der Waals surface area contributed by atoms with Crippen LogP contribution in [0.15, 0.2) is 52.9 Å². The SMILES string of the molecule is COc1ccc(-c2nnc(COc3ccc(F)cc3)o2)cc1. The average Bonchev–Trinajstić information content (AvgIpc) is 3.03. The lowest BCUT2D eigenvalue weighted by atomic mass is 10.2. The molecule has 2 aromatic carbocycles. The summed E-state index contributed by atoms with van der Waals surface area (Å²) in [5.74, 6) is 1.72. The van der Waals surface area contributed by atoms with E-state index in [1.54, 1.807) is 7.11 Å². The standard InChI is InChI=1S/C16H13FN2O3/c1-20-13-6-2-11(3-7-13)16-19-18-15(22-16)10-21-14-8-4-12(17)5-9-14/h2-9H,10H2,1H3. The van der Waals surface area contributed by atoms with Crippen LogP contribution in [0.4, 0.5) is 4.39 Å². The Bertz CT molecular complexity index is 739.